The van der Waals surface area contributed by atoms with Crippen LogP contribution in [0, 0.1) is 40.4 Å². The Morgan fingerprint density at radius 2 is 1.78 bits per heavy atom. The molecule has 2 heterocycles. The van der Waals surface area contributed by atoms with Crippen molar-refractivity contribution in [2.45, 2.75) is 128 Å². The zero-order valence-corrected chi connectivity index (χ0v) is 28.1. The maximum absolute atomic E-state index is 13.3. The van der Waals surface area contributed by atoms with Gasteiger partial charge < -0.3 is 19.1 Å². The van der Waals surface area contributed by atoms with Crippen molar-refractivity contribution in [1.29, 1.82) is 0 Å². The summed E-state index contributed by atoms with van der Waals surface area (Å²) in [7, 11) is 0. The van der Waals surface area contributed by atoms with Gasteiger partial charge in [-0.3, -0.25) is 14.5 Å². The Morgan fingerprint density at radius 1 is 0.978 bits per heavy atom. The molecule has 2 saturated heterocycles. The van der Waals surface area contributed by atoms with E-state index in [1.807, 2.05) is 4.90 Å². The molecule has 0 radical (unpaired) electrons. The number of hydrogen-bond donors (Lipinski definition) is 0. The number of nitrogens with zero attached hydrogens (tertiary/aromatic N) is 2. The van der Waals surface area contributed by atoms with Gasteiger partial charge in [-0.1, -0.05) is 39.5 Å². The normalized spacial score (nSPS) is 41.1. The smallest absolute Gasteiger partial charge is 0.410 e. The van der Waals surface area contributed by atoms with Crippen LogP contribution in [0.3, 0.4) is 0 Å². The number of morpholine rings is 1. The zero-order chi connectivity index (χ0) is 31.2. The van der Waals surface area contributed by atoms with Crippen LogP contribution >= 0.6 is 0 Å². The van der Waals surface area contributed by atoms with Gasteiger partial charge in [0.25, 0.3) is 0 Å². The van der Waals surface area contributed by atoms with E-state index in [1.165, 1.54) is 44.9 Å². The van der Waals surface area contributed by atoms with Gasteiger partial charge in [0.2, 0.25) is 0 Å². The van der Waals surface area contributed by atoms with Gasteiger partial charge in [0.15, 0.2) is 0 Å². The van der Waals surface area contributed by atoms with E-state index in [4.69, 9.17) is 14.2 Å². The number of ketones is 1. The number of esters is 1. The molecule has 1 spiro atoms. The predicted octanol–water partition coefficient (Wildman–Crippen LogP) is 6.39. The SMILES string of the molecule is C[C@]12CC[C@@]3(C[C@@H]1CC[C@@H]1[C@@H]2CC[C@]2(C)C(=O)CC[C@@H]12)CN(CCC(CN1CCOCC1)OC(=O)CCC1CCCC1)C(=O)O3. The summed E-state index contributed by atoms with van der Waals surface area (Å²) in [4.78, 5) is 43.3. The fourth-order valence-electron chi connectivity index (χ4n) is 11.6. The molecule has 1 amide bonds. The molecule has 7 aliphatic rings. The minimum absolute atomic E-state index is 0.0777. The number of hydrogen-bond acceptors (Lipinski definition) is 7. The second-order valence-electron chi connectivity index (χ2n) is 16.8. The molecule has 2 aliphatic heterocycles. The number of amides is 1. The molecule has 7 fully saturated rings. The highest BCUT2D eigenvalue weighted by molar-refractivity contribution is 5.87. The molecule has 5 saturated carbocycles. The fraction of sp³-hybridized carbons (Fsp3) is 0.919. The van der Waals surface area contributed by atoms with E-state index in [0.29, 0.717) is 81.1 Å². The van der Waals surface area contributed by atoms with Crippen molar-refractivity contribution >= 4 is 17.8 Å². The molecule has 0 bridgehead atoms. The van der Waals surface area contributed by atoms with Gasteiger partial charge in [0.1, 0.15) is 17.5 Å². The van der Waals surface area contributed by atoms with Crippen molar-refractivity contribution in [3.05, 3.63) is 0 Å². The molecule has 8 nitrogen and oxygen atoms in total. The number of Topliss-reactive ketones (excluding diaryl/α,β-unsaturated/α-hetero) is 1. The first kappa shape index (κ1) is 31.9. The second kappa shape index (κ2) is 12.7. The Morgan fingerprint density at radius 3 is 2.58 bits per heavy atom. The first-order chi connectivity index (χ1) is 21.7. The van der Waals surface area contributed by atoms with Gasteiger partial charge in [0.05, 0.1) is 19.8 Å². The van der Waals surface area contributed by atoms with Crippen LogP contribution in [0.25, 0.3) is 0 Å². The Kier molecular flexibility index (Phi) is 9.03. The minimum Gasteiger partial charge on any atom is -0.461 e. The second-order valence-corrected chi connectivity index (χ2v) is 16.8. The van der Waals surface area contributed by atoms with Crippen LogP contribution in [0.4, 0.5) is 4.79 Å². The van der Waals surface area contributed by atoms with Crippen molar-refractivity contribution in [3.8, 4) is 0 Å². The molecular weight excluding hydrogens is 568 g/mol. The van der Waals surface area contributed by atoms with Gasteiger partial charge in [-0.15, -0.1) is 0 Å². The molecule has 0 aromatic heterocycles. The molecule has 0 aromatic rings. The maximum Gasteiger partial charge on any atom is 0.410 e. The largest absolute Gasteiger partial charge is 0.461 e. The number of ether oxygens (including phenoxy) is 3. The van der Waals surface area contributed by atoms with Crippen LogP contribution in [0.2, 0.25) is 0 Å². The number of fused-ring (bicyclic) bond motifs is 5. The van der Waals surface area contributed by atoms with Crippen LogP contribution < -0.4 is 0 Å². The summed E-state index contributed by atoms with van der Waals surface area (Å²) < 4.78 is 17.9. The highest BCUT2D eigenvalue weighted by Crippen LogP contribution is 2.66. The molecule has 0 N–H and O–H groups in total. The number of carbonyl (C=O) groups excluding carboxylic acids is 3. The lowest BCUT2D eigenvalue weighted by molar-refractivity contribution is -0.151. The average molecular weight is 627 g/mol. The van der Waals surface area contributed by atoms with Crippen molar-refractivity contribution in [1.82, 2.24) is 9.80 Å². The molecule has 8 atom stereocenters. The van der Waals surface area contributed by atoms with Crippen LogP contribution in [0.1, 0.15) is 117 Å². The zero-order valence-electron chi connectivity index (χ0n) is 28.1. The number of rotatable bonds is 9. The summed E-state index contributed by atoms with van der Waals surface area (Å²) in [5.41, 5.74) is -0.194. The molecule has 1 unspecified atom stereocenters. The lowest BCUT2D eigenvalue weighted by Crippen LogP contribution is -2.56. The Labute approximate surface area is 270 Å². The standard InChI is InChI=1S/C37H58N2O6/c1-35-16-17-37(23-27(35)8-9-29-30-10-11-32(40)36(30,2)15-13-31(29)35)25-39(34(42)45-37)18-14-28(24-38-19-21-43-22-20-38)44-33(41)12-7-26-5-3-4-6-26/h26-31H,3-25H2,1-2H3/t27-,28?,29-,30-,31-,35-,36-,37+/m0/s1. The first-order valence-corrected chi connectivity index (χ1v) is 18.7. The van der Waals surface area contributed by atoms with E-state index >= 15 is 0 Å². The van der Waals surface area contributed by atoms with E-state index in [-0.39, 0.29) is 29.0 Å². The third-order valence-corrected chi connectivity index (χ3v) is 14.4. The summed E-state index contributed by atoms with van der Waals surface area (Å²) in [5.74, 6) is 3.60. The monoisotopic (exact) mass is 626 g/mol. The number of carbonyl (C=O) groups is 3. The fourth-order valence-corrected chi connectivity index (χ4v) is 11.6. The third-order valence-electron chi connectivity index (χ3n) is 14.4. The van der Waals surface area contributed by atoms with Gasteiger partial charge in [-0.2, -0.15) is 0 Å². The van der Waals surface area contributed by atoms with Gasteiger partial charge in [-0.05, 0) is 92.8 Å². The minimum atomic E-state index is -0.391. The summed E-state index contributed by atoms with van der Waals surface area (Å²) in [6.45, 7) is 9.84. The first-order valence-electron chi connectivity index (χ1n) is 18.7. The molecule has 8 heteroatoms. The summed E-state index contributed by atoms with van der Waals surface area (Å²) in [6, 6.07) is 0. The van der Waals surface area contributed by atoms with Crippen LogP contribution in [-0.2, 0) is 23.8 Å². The van der Waals surface area contributed by atoms with E-state index in [2.05, 4.69) is 18.7 Å². The van der Waals surface area contributed by atoms with Crippen molar-refractivity contribution < 1.29 is 28.6 Å². The van der Waals surface area contributed by atoms with Crippen LogP contribution in [-0.4, -0.2) is 85.3 Å². The maximum atomic E-state index is 13.3. The van der Waals surface area contributed by atoms with Gasteiger partial charge >= 0.3 is 12.1 Å². The molecule has 0 aromatic carbocycles. The topological polar surface area (TPSA) is 85.4 Å². The van der Waals surface area contributed by atoms with Gasteiger partial charge in [-0.25, -0.2) is 4.79 Å². The summed E-state index contributed by atoms with van der Waals surface area (Å²) in [6.07, 6.45) is 16.2. The van der Waals surface area contributed by atoms with E-state index < -0.39 is 5.60 Å². The summed E-state index contributed by atoms with van der Waals surface area (Å²) >= 11 is 0. The van der Waals surface area contributed by atoms with E-state index in [9.17, 15) is 14.4 Å². The average Bonchev–Trinajstić information content (AvgIpc) is 3.74. The predicted molar refractivity (Wildman–Crippen MR) is 170 cm³/mol. The Balaban J connectivity index is 0.955. The van der Waals surface area contributed by atoms with E-state index in [0.717, 1.165) is 58.0 Å². The van der Waals surface area contributed by atoms with Crippen LogP contribution in [0.15, 0.2) is 0 Å². The van der Waals surface area contributed by atoms with E-state index in [1.54, 1.807) is 0 Å². The molecule has 252 valence electrons. The Bertz CT molecular complexity index is 1120. The quantitative estimate of drug-likeness (QED) is 0.274. The van der Waals surface area contributed by atoms with Gasteiger partial charge in [0, 0.05) is 50.9 Å². The molecule has 45 heavy (non-hydrogen) atoms. The van der Waals surface area contributed by atoms with Crippen molar-refractivity contribution in [2.75, 3.05) is 45.9 Å². The highest BCUT2D eigenvalue weighted by atomic mass is 16.6. The molecular formula is C37H58N2O6. The highest BCUT2D eigenvalue weighted by Gasteiger charge is 2.63. The van der Waals surface area contributed by atoms with Crippen molar-refractivity contribution in [2.24, 2.45) is 40.4 Å². The third kappa shape index (κ3) is 6.21. The lowest BCUT2D eigenvalue weighted by Gasteiger charge is -2.61. The lowest BCUT2D eigenvalue weighted by atomic mass is 9.44. The summed E-state index contributed by atoms with van der Waals surface area (Å²) in [5, 5.41) is 0. The Hall–Kier alpha value is -1.67. The van der Waals surface area contributed by atoms with Crippen molar-refractivity contribution in [3.63, 3.8) is 0 Å². The molecule has 5 aliphatic carbocycles. The van der Waals surface area contributed by atoms with Crippen LogP contribution in [0.5, 0.6) is 0 Å². The molecule has 7 rings (SSSR count).